The van der Waals surface area contributed by atoms with Crippen LogP contribution in [-0.4, -0.2) is 16.8 Å². The predicted octanol–water partition coefficient (Wildman–Crippen LogP) is 1.58. The third-order valence-electron chi connectivity index (χ3n) is 0.309. The third kappa shape index (κ3) is 35.7. The summed E-state index contributed by atoms with van der Waals surface area (Å²) >= 11 is 3.79. The van der Waals surface area contributed by atoms with Crippen molar-refractivity contribution in [2.75, 3.05) is 5.75 Å². The Morgan fingerprint density at radius 1 is 1.78 bits per heavy atom. The van der Waals surface area contributed by atoms with Crippen molar-refractivity contribution in [1.29, 1.82) is 0 Å². The van der Waals surface area contributed by atoms with E-state index >= 15 is 0 Å². The maximum absolute atomic E-state index is 9.51. The van der Waals surface area contributed by atoms with Crippen molar-refractivity contribution in [1.82, 2.24) is 0 Å². The number of allylic oxidation sites excluding steroid dienone is 1. The average molecular weight is 148 g/mol. The summed E-state index contributed by atoms with van der Waals surface area (Å²) in [6.07, 6.45) is 2.56. The summed E-state index contributed by atoms with van der Waals surface area (Å²) < 4.78 is 0. The van der Waals surface area contributed by atoms with Gasteiger partial charge < -0.3 is 5.11 Å². The summed E-state index contributed by atoms with van der Waals surface area (Å²) in [5.74, 6) is 0.0532. The molecule has 0 rings (SSSR count). The van der Waals surface area contributed by atoms with Crippen molar-refractivity contribution in [2.45, 2.75) is 13.8 Å². The van der Waals surface area contributed by atoms with Gasteiger partial charge in [0.25, 0.3) is 0 Å². The first-order valence-corrected chi connectivity index (χ1v) is 3.28. The van der Waals surface area contributed by atoms with Gasteiger partial charge >= 0.3 is 5.97 Å². The molecule has 2 nitrogen and oxygen atoms in total. The Bertz CT molecular complexity index is 89.1. The van der Waals surface area contributed by atoms with Gasteiger partial charge in [0.2, 0.25) is 0 Å². The fourth-order valence-corrected chi connectivity index (χ4v) is 0.143. The van der Waals surface area contributed by atoms with E-state index < -0.39 is 5.97 Å². The highest BCUT2D eigenvalue weighted by molar-refractivity contribution is 7.80. The largest absolute Gasteiger partial charge is 0.478 e. The van der Waals surface area contributed by atoms with E-state index in [0.717, 1.165) is 11.8 Å². The minimum absolute atomic E-state index is 0.891. The topological polar surface area (TPSA) is 37.3 Å². The lowest BCUT2D eigenvalue weighted by Gasteiger charge is -1.68. The van der Waals surface area contributed by atoms with Crippen LogP contribution in [0.4, 0.5) is 0 Å². The van der Waals surface area contributed by atoms with E-state index in [4.69, 9.17) is 5.11 Å². The minimum Gasteiger partial charge on any atom is -0.478 e. The first kappa shape index (κ1) is 11.4. The van der Waals surface area contributed by atoms with E-state index in [2.05, 4.69) is 12.6 Å². The lowest BCUT2D eigenvalue weighted by Crippen LogP contribution is -1.83. The third-order valence-corrected chi connectivity index (χ3v) is 0.309. The van der Waals surface area contributed by atoms with Crippen molar-refractivity contribution in [2.24, 2.45) is 0 Å². The molecule has 0 atom stereocenters. The lowest BCUT2D eigenvalue weighted by molar-refractivity contribution is -0.131. The quantitative estimate of drug-likeness (QED) is 0.437. The molecule has 9 heavy (non-hydrogen) atoms. The summed E-state index contributed by atoms with van der Waals surface area (Å²) in [4.78, 5) is 9.51. The SMILES string of the molecule is CC=CC(=O)O.CCS. The number of carbonyl (C=O) groups is 1. The Kier molecular flexibility index (Phi) is 13.3. The van der Waals surface area contributed by atoms with Crippen molar-refractivity contribution in [3.8, 4) is 0 Å². The van der Waals surface area contributed by atoms with E-state index in [-0.39, 0.29) is 0 Å². The van der Waals surface area contributed by atoms with Crippen molar-refractivity contribution in [3.05, 3.63) is 12.2 Å². The average Bonchev–Trinajstić information content (AvgIpc) is 1.67. The summed E-state index contributed by atoms with van der Waals surface area (Å²) in [7, 11) is 0. The molecule has 0 heterocycles. The van der Waals surface area contributed by atoms with Gasteiger partial charge in [-0.15, -0.1) is 0 Å². The van der Waals surface area contributed by atoms with E-state index in [9.17, 15) is 4.79 Å². The second-order valence-corrected chi connectivity index (χ2v) is 1.79. The molecule has 0 bridgehead atoms. The standard InChI is InChI=1S/C4H6O2.C2H6S/c1-2-3-4(5)6;1-2-3/h2-3H,1H3,(H,5,6);3H,2H2,1H3. The highest BCUT2D eigenvalue weighted by atomic mass is 32.1. The first-order valence-electron chi connectivity index (χ1n) is 2.65. The molecule has 3 heteroatoms. The minimum atomic E-state index is -0.891. The second kappa shape index (κ2) is 10.5. The molecule has 0 aliphatic carbocycles. The van der Waals surface area contributed by atoms with E-state index in [1.165, 1.54) is 6.08 Å². The number of aliphatic carboxylic acids is 1. The van der Waals surface area contributed by atoms with Gasteiger partial charge in [-0.2, -0.15) is 12.6 Å². The van der Waals surface area contributed by atoms with Crippen LogP contribution in [0.25, 0.3) is 0 Å². The Morgan fingerprint density at radius 2 is 2.11 bits per heavy atom. The Hall–Kier alpha value is -0.440. The summed E-state index contributed by atoms with van der Waals surface area (Å²) in [6.45, 7) is 3.65. The summed E-state index contributed by atoms with van der Waals surface area (Å²) in [5.41, 5.74) is 0. The van der Waals surface area contributed by atoms with Gasteiger partial charge in [-0.1, -0.05) is 13.0 Å². The highest BCUT2D eigenvalue weighted by Gasteiger charge is 1.76. The molecular weight excluding hydrogens is 136 g/mol. The van der Waals surface area contributed by atoms with Crippen molar-refractivity contribution in [3.63, 3.8) is 0 Å². The number of hydrogen-bond donors (Lipinski definition) is 2. The van der Waals surface area contributed by atoms with Crippen LogP contribution in [0.3, 0.4) is 0 Å². The zero-order valence-corrected chi connectivity index (χ0v) is 6.56. The monoisotopic (exact) mass is 148 g/mol. The normalized spacial score (nSPS) is 8.33. The summed E-state index contributed by atoms with van der Waals surface area (Å²) in [5, 5.41) is 7.83. The molecule has 0 amide bonds. The maximum atomic E-state index is 9.51. The smallest absolute Gasteiger partial charge is 0.327 e. The van der Waals surface area contributed by atoms with Crippen LogP contribution in [0.15, 0.2) is 12.2 Å². The van der Waals surface area contributed by atoms with Crippen LogP contribution in [0.1, 0.15) is 13.8 Å². The van der Waals surface area contributed by atoms with Crippen molar-refractivity contribution < 1.29 is 9.90 Å². The van der Waals surface area contributed by atoms with Gasteiger partial charge in [-0.3, -0.25) is 0 Å². The van der Waals surface area contributed by atoms with Gasteiger partial charge in [-0.25, -0.2) is 4.79 Å². The molecule has 0 fully saturated rings. The molecule has 0 radical (unpaired) electrons. The molecule has 0 aromatic carbocycles. The predicted molar refractivity (Wildman–Crippen MR) is 42.0 cm³/mol. The fraction of sp³-hybridized carbons (Fsp3) is 0.500. The number of carboxylic acids is 1. The number of carboxylic acid groups (broad SMARTS) is 1. The van der Waals surface area contributed by atoms with Crippen LogP contribution in [0.2, 0.25) is 0 Å². The Balaban J connectivity index is 0. The van der Waals surface area contributed by atoms with E-state index in [1.54, 1.807) is 6.92 Å². The van der Waals surface area contributed by atoms with Gasteiger partial charge in [0.1, 0.15) is 0 Å². The molecule has 0 saturated heterocycles. The molecule has 0 spiro atoms. The molecule has 0 aromatic rings. The first-order chi connectivity index (χ1) is 4.18. The summed E-state index contributed by atoms with van der Waals surface area (Å²) in [6, 6.07) is 0. The molecule has 0 unspecified atom stereocenters. The zero-order chi connectivity index (χ0) is 7.70. The van der Waals surface area contributed by atoms with Crippen molar-refractivity contribution >= 4 is 18.6 Å². The molecule has 1 N–H and O–H groups in total. The molecule has 0 saturated carbocycles. The van der Waals surface area contributed by atoms with Gasteiger partial charge in [0.15, 0.2) is 0 Å². The van der Waals surface area contributed by atoms with Gasteiger partial charge in [-0.05, 0) is 12.7 Å². The number of hydrogen-bond acceptors (Lipinski definition) is 2. The lowest BCUT2D eigenvalue weighted by atomic mass is 10.5. The van der Waals surface area contributed by atoms with Crippen LogP contribution in [0, 0.1) is 0 Å². The zero-order valence-electron chi connectivity index (χ0n) is 5.66. The van der Waals surface area contributed by atoms with E-state index in [0.29, 0.717) is 0 Å². The molecular formula is C6H12O2S. The molecule has 54 valence electrons. The molecule has 0 aliphatic heterocycles. The van der Waals surface area contributed by atoms with Crippen LogP contribution in [-0.2, 0) is 4.79 Å². The highest BCUT2D eigenvalue weighted by Crippen LogP contribution is 1.65. The number of thiol groups is 1. The Labute approximate surface area is 61.0 Å². The molecule has 0 aromatic heterocycles. The second-order valence-electron chi connectivity index (χ2n) is 1.15. The van der Waals surface area contributed by atoms with Crippen LogP contribution >= 0.6 is 12.6 Å². The Morgan fingerprint density at radius 3 is 2.11 bits per heavy atom. The fourth-order valence-electron chi connectivity index (χ4n) is 0.143. The molecule has 0 aliphatic rings. The number of rotatable bonds is 1. The van der Waals surface area contributed by atoms with Gasteiger partial charge in [0, 0.05) is 6.08 Å². The maximum Gasteiger partial charge on any atom is 0.327 e. The van der Waals surface area contributed by atoms with Gasteiger partial charge in [0.05, 0.1) is 0 Å². The van der Waals surface area contributed by atoms with Crippen LogP contribution in [0.5, 0.6) is 0 Å². The van der Waals surface area contributed by atoms with Crippen LogP contribution < -0.4 is 0 Å². The van der Waals surface area contributed by atoms with E-state index in [1.807, 2.05) is 6.92 Å².